The number of benzene rings is 1. The molecule has 7 nitrogen and oxygen atoms in total. The summed E-state index contributed by atoms with van der Waals surface area (Å²) in [6, 6.07) is 4.92. The van der Waals surface area contributed by atoms with Gasteiger partial charge in [-0.3, -0.25) is 9.59 Å². The van der Waals surface area contributed by atoms with Crippen molar-refractivity contribution in [1.29, 1.82) is 0 Å². The number of carbonyl (C=O) groups is 2. The second-order valence-electron chi connectivity index (χ2n) is 6.29. The summed E-state index contributed by atoms with van der Waals surface area (Å²) in [5.41, 5.74) is 1.13. The van der Waals surface area contributed by atoms with Gasteiger partial charge in [-0.1, -0.05) is 31.4 Å². The molecule has 0 radical (unpaired) electrons. The Bertz CT molecular complexity index is 767. The highest BCUT2D eigenvalue weighted by Crippen LogP contribution is 2.29. The van der Waals surface area contributed by atoms with Gasteiger partial charge in [0.15, 0.2) is 9.84 Å². The van der Waals surface area contributed by atoms with Crippen LogP contribution in [0.1, 0.15) is 26.2 Å². The fourth-order valence-electron chi connectivity index (χ4n) is 2.73. The predicted octanol–water partition coefficient (Wildman–Crippen LogP) is 1.82. The van der Waals surface area contributed by atoms with Crippen LogP contribution in [0.25, 0.3) is 0 Å². The Hall–Kier alpha value is -1.80. The van der Waals surface area contributed by atoms with Crippen molar-refractivity contribution >= 4 is 44.6 Å². The molecule has 26 heavy (non-hydrogen) atoms. The minimum Gasteiger partial charge on any atom is -0.359 e. The van der Waals surface area contributed by atoms with Crippen molar-refractivity contribution in [3.05, 3.63) is 23.2 Å². The molecule has 1 aliphatic rings. The highest BCUT2D eigenvalue weighted by Gasteiger charge is 2.20. The maximum absolute atomic E-state index is 12.0. The van der Waals surface area contributed by atoms with E-state index in [1.165, 1.54) is 0 Å². The molecule has 1 saturated heterocycles. The van der Waals surface area contributed by atoms with Gasteiger partial charge in [-0.25, -0.2) is 8.42 Å². The van der Waals surface area contributed by atoms with Crippen LogP contribution in [0, 0.1) is 0 Å². The van der Waals surface area contributed by atoms with Crippen molar-refractivity contribution in [2.24, 2.45) is 0 Å². The zero-order chi connectivity index (χ0) is 19.2. The first-order valence-corrected chi connectivity index (χ1v) is 10.8. The molecular formula is C17H24ClN3O4S. The Labute approximate surface area is 159 Å². The second kappa shape index (κ2) is 9.23. The Morgan fingerprint density at radius 1 is 1.35 bits per heavy atom. The molecule has 1 aromatic carbocycles. The molecule has 0 unspecified atom stereocenters. The van der Waals surface area contributed by atoms with E-state index in [9.17, 15) is 18.0 Å². The molecule has 2 rings (SSSR count). The highest BCUT2D eigenvalue weighted by molar-refractivity contribution is 7.92. The van der Waals surface area contributed by atoms with Gasteiger partial charge < -0.3 is 15.5 Å². The first-order chi connectivity index (χ1) is 12.3. The number of nitrogens with zero attached hydrogens (tertiary/aromatic N) is 1. The third kappa shape index (κ3) is 6.17. The third-order valence-corrected chi connectivity index (χ3v) is 5.94. The van der Waals surface area contributed by atoms with Crippen LogP contribution in [0.3, 0.4) is 0 Å². The van der Waals surface area contributed by atoms with Gasteiger partial charge in [0, 0.05) is 18.8 Å². The van der Waals surface area contributed by atoms with Crippen LogP contribution in [0.4, 0.5) is 11.4 Å². The molecule has 1 fully saturated rings. The number of hydrogen-bond acceptors (Lipinski definition) is 5. The lowest BCUT2D eigenvalue weighted by Gasteiger charge is -2.29. The highest BCUT2D eigenvalue weighted by atomic mass is 35.5. The Kier molecular flexibility index (Phi) is 7.28. The van der Waals surface area contributed by atoms with Crippen LogP contribution in [0.5, 0.6) is 0 Å². The molecule has 2 N–H and O–H groups in total. The zero-order valence-electron chi connectivity index (χ0n) is 14.8. The van der Waals surface area contributed by atoms with Gasteiger partial charge in [-0.15, -0.1) is 0 Å². The fourth-order valence-corrected chi connectivity index (χ4v) is 4.29. The molecule has 0 aliphatic carbocycles. The minimum absolute atomic E-state index is 0.0188. The number of piperazine rings is 1. The summed E-state index contributed by atoms with van der Waals surface area (Å²) < 4.78 is 23.9. The number of carbonyl (C=O) groups excluding carboxylic acids is 2. The van der Waals surface area contributed by atoms with E-state index in [-0.39, 0.29) is 18.2 Å². The Morgan fingerprint density at radius 2 is 2.12 bits per heavy atom. The van der Waals surface area contributed by atoms with E-state index < -0.39 is 21.5 Å². The average Bonchev–Trinajstić information content (AvgIpc) is 2.54. The molecule has 2 amide bonds. The van der Waals surface area contributed by atoms with E-state index in [0.717, 1.165) is 12.8 Å². The molecular weight excluding hydrogens is 378 g/mol. The van der Waals surface area contributed by atoms with Crippen LogP contribution < -0.4 is 15.5 Å². The monoisotopic (exact) mass is 401 g/mol. The molecule has 1 aromatic rings. The van der Waals surface area contributed by atoms with E-state index in [0.29, 0.717) is 35.9 Å². The third-order valence-electron chi connectivity index (χ3n) is 4.02. The normalized spacial score (nSPS) is 14.8. The number of halogens is 1. The topological polar surface area (TPSA) is 95.6 Å². The molecule has 9 heteroatoms. The maximum atomic E-state index is 12.0. The molecule has 0 atom stereocenters. The molecule has 0 bridgehead atoms. The van der Waals surface area contributed by atoms with Gasteiger partial charge in [0.2, 0.25) is 11.8 Å². The smallest absolute Gasteiger partial charge is 0.239 e. The molecule has 0 spiro atoms. The van der Waals surface area contributed by atoms with Crippen molar-refractivity contribution < 1.29 is 18.0 Å². The van der Waals surface area contributed by atoms with E-state index >= 15 is 0 Å². The average molecular weight is 402 g/mol. The summed E-state index contributed by atoms with van der Waals surface area (Å²) in [5.74, 6) is -1.17. The van der Waals surface area contributed by atoms with Gasteiger partial charge in [0.05, 0.1) is 23.0 Å². The van der Waals surface area contributed by atoms with Gasteiger partial charge in [0.1, 0.15) is 5.75 Å². The van der Waals surface area contributed by atoms with E-state index in [2.05, 4.69) is 10.6 Å². The minimum atomic E-state index is -3.41. The molecule has 1 heterocycles. The summed E-state index contributed by atoms with van der Waals surface area (Å²) in [7, 11) is -3.41. The summed E-state index contributed by atoms with van der Waals surface area (Å²) in [5, 5.41) is 5.70. The number of sulfone groups is 1. The molecule has 144 valence electrons. The first-order valence-electron chi connectivity index (χ1n) is 8.62. The SMILES string of the molecule is CCCCCS(=O)(=O)CC(=O)Nc1ccc(N2CCNC(=O)C2)c(Cl)c1. The summed E-state index contributed by atoms with van der Waals surface area (Å²) in [6.45, 7) is 3.40. The Morgan fingerprint density at radius 3 is 2.77 bits per heavy atom. The number of rotatable bonds is 8. The van der Waals surface area contributed by atoms with E-state index in [1.54, 1.807) is 18.2 Å². The standard InChI is InChI=1S/C17H24ClN3O4S/c1-2-3-4-9-26(24,25)12-17(23)20-13-5-6-15(14(18)10-13)21-8-7-19-16(22)11-21/h5-6,10H,2-4,7-9,11-12H2,1H3,(H,19,22)(H,20,23). The van der Waals surface area contributed by atoms with Crippen molar-refractivity contribution in [3.63, 3.8) is 0 Å². The lowest BCUT2D eigenvalue weighted by Crippen LogP contribution is -2.47. The van der Waals surface area contributed by atoms with Crippen LogP contribution >= 0.6 is 11.6 Å². The van der Waals surface area contributed by atoms with E-state index in [1.807, 2.05) is 11.8 Å². The predicted molar refractivity (Wildman–Crippen MR) is 103 cm³/mol. The number of nitrogens with one attached hydrogen (secondary N) is 2. The Balaban J connectivity index is 1.96. The molecule has 0 saturated carbocycles. The van der Waals surface area contributed by atoms with Crippen molar-refractivity contribution in [2.45, 2.75) is 26.2 Å². The van der Waals surface area contributed by atoms with E-state index in [4.69, 9.17) is 11.6 Å². The van der Waals surface area contributed by atoms with Crippen LogP contribution in [-0.2, 0) is 19.4 Å². The summed E-state index contributed by atoms with van der Waals surface area (Å²) in [6.07, 6.45) is 2.31. The summed E-state index contributed by atoms with van der Waals surface area (Å²) in [4.78, 5) is 25.3. The quantitative estimate of drug-likeness (QED) is 0.648. The maximum Gasteiger partial charge on any atom is 0.239 e. The molecule has 0 aromatic heterocycles. The number of amides is 2. The van der Waals surface area contributed by atoms with Crippen LogP contribution in [0.15, 0.2) is 18.2 Å². The van der Waals surface area contributed by atoms with Crippen LogP contribution in [0.2, 0.25) is 5.02 Å². The fraction of sp³-hybridized carbons (Fsp3) is 0.529. The number of anilines is 2. The van der Waals surface area contributed by atoms with Gasteiger partial charge >= 0.3 is 0 Å². The second-order valence-corrected chi connectivity index (χ2v) is 8.88. The first kappa shape index (κ1) is 20.5. The largest absolute Gasteiger partial charge is 0.359 e. The number of unbranched alkanes of at least 4 members (excludes halogenated alkanes) is 2. The lowest BCUT2D eigenvalue weighted by molar-refractivity contribution is -0.120. The summed E-state index contributed by atoms with van der Waals surface area (Å²) >= 11 is 6.27. The zero-order valence-corrected chi connectivity index (χ0v) is 16.3. The van der Waals surface area contributed by atoms with Crippen LogP contribution in [-0.4, -0.2) is 51.4 Å². The molecule has 1 aliphatic heterocycles. The van der Waals surface area contributed by atoms with Crippen molar-refractivity contribution in [3.8, 4) is 0 Å². The van der Waals surface area contributed by atoms with Crippen molar-refractivity contribution in [2.75, 3.05) is 41.4 Å². The van der Waals surface area contributed by atoms with Gasteiger partial charge in [-0.05, 0) is 24.6 Å². The lowest BCUT2D eigenvalue weighted by atomic mass is 10.2. The van der Waals surface area contributed by atoms with Gasteiger partial charge in [0.25, 0.3) is 0 Å². The van der Waals surface area contributed by atoms with Crippen molar-refractivity contribution in [1.82, 2.24) is 5.32 Å². The van der Waals surface area contributed by atoms with Gasteiger partial charge in [-0.2, -0.15) is 0 Å². The number of hydrogen-bond donors (Lipinski definition) is 2.